The molecular weight excluding hydrogens is 334 g/mol. The summed E-state index contributed by atoms with van der Waals surface area (Å²) in [6.45, 7) is 7.52. The van der Waals surface area contributed by atoms with Crippen LogP contribution < -0.4 is 10.6 Å². The van der Waals surface area contributed by atoms with E-state index in [1.165, 1.54) is 0 Å². The van der Waals surface area contributed by atoms with Gasteiger partial charge in [-0.2, -0.15) is 0 Å². The summed E-state index contributed by atoms with van der Waals surface area (Å²) >= 11 is 0. The maximum atomic E-state index is 12.1. The van der Waals surface area contributed by atoms with E-state index in [-0.39, 0.29) is 24.0 Å². The molecule has 2 rings (SSSR count). The van der Waals surface area contributed by atoms with Crippen molar-refractivity contribution in [2.75, 3.05) is 30.3 Å². The fourth-order valence-electron chi connectivity index (χ4n) is 2.99. The van der Waals surface area contributed by atoms with Crippen LogP contribution in [0.15, 0.2) is 12.1 Å². The van der Waals surface area contributed by atoms with E-state index >= 15 is 0 Å². The van der Waals surface area contributed by atoms with Crippen molar-refractivity contribution in [3.8, 4) is 0 Å². The van der Waals surface area contributed by atoms with Gasteiger partial charge in [0.05, 0.1) is 6.61 Å². The van der Waals surface area contributed by atoms with E-state index in [2.05, 4.69) is 20.8 Å². The van der Waals surface area contributed by atoms with E-state index in [0.717, 1.165) is 25.7 Å². The van der Waals surface area contributed by atoms with E-state index in [4.69, 9.17) is 4.74 Å². The molecule has 26 heavy (non-hydrogen) atoms. The van der Waals surface area contributed by atoms with Gasteiger partial charge in [0.15, 0.2) is 5.82 Å². The van der Waals surface area contributed by atoms with E-state index in [0.29, 0.717) is 31.3 Å². The van der Waals surface area contributed by atoms with Gasteiger partial charge < -0.3 is 20.3 Å². The van der Waals surface area contributed by atoms with Crippen LogP contribution in [0.4, 0.5) is 16.4 Å². The number of hydrogen-bond donors (Lipinski definition) is 2. The second-order valence-corrected chi connectivity index (χ2v) is 6.41. The molecule has 1 fully saturated rings. The normalized spacial score (nSPS) is 15.0. The number of anilines is 2. The largest absolute Gasteiger partial charge is 0.450 e. The second-order valence-electron chi connectivity index (χ2n) is 6.41. The molecule has 0 bridgehead atoms. The second kappa shape index (κ2) is 9.94. The lowest BCUT2D eigenvalue weighted by Crippen LogP contribution is -2.42. The SMILES string of the molecule is CCOC(=O)N1CCC(Nc2ccc(NC(=O)C(CC)CC)nn2)CC1. The average molecular weight is 363 g/mol. The molecular formula is C18H29N5O3. The summed E-state index contributed by atoms with van der Waals surface area (Å²) in [6.07, 6.45) is 3.02. The van der Waals surface area contributed by atoms with E-state index in [9.17, 15) is 9.59 Å². The summed E-state index contributed by atoms with van der Waals surface area (Å²) in [5.41, 5.74) is 0. The predicted octanol–water partition coefficient (Wildman–Crippen LogP) is 2.88. The molecule has 1 aliphatic heterocycles. The van der Waals surface area contributed by atoms with Crippen LogP contribution in [0.3, 0.4) is 0 Å². The molecule has 1 aromatic heterocycles. The third-order valence-electron chi connectivity index (χ3n) is 4.65. The van der Waals surface area contributed by atoms with Crippen molar-refractivity contribution in [3.05, 3.63) is 12.1 Å². The zero-order valence-electron chi connectivity index (χ0n) is 15.8. The van der Waals surface area contributed by atoms with Gasteiger partial charge in [-0.15, -0.1) is 10.2 Å². The molecule has 1 aliphatic rings. The molecule has 2 heterocycles. The van der Waals surface area contributed by atoms with E-state index in [1.807, 2.05) is 26.8 Å². The summed E-state index contributed by atoms with van der Waals surface area (Å²) in [5.74, 6) is 1.11. The third-order valence-corrected chi connectivity index (χ3v) is 4.65. The van der Waals surface area contributed by atoms with Crippen molar-refractivity contribution < 1.29 is 14.3 Å². The lowest BCUT2D eigenvalue weighted by Gasteiger charge is -2.31. The molecule has 144 valence electrons. The number of carbonyl (C=O) groups excluding carboxylic acids is 2. The first kappa shape index (κ1) is 19.9. The number of ether oxygens (including phenoxy) is 1. The molecule has 0 saturated carbocycles. The molecule has 2 amide bonds. The van der Waals surface area contributed by atoms with Gasteiger partial charge in [0.2, 0.25) is 5.91 Å². The molecule has 0 radical (unpaired) electrons. The molecule has 2 N–H and O–H groups in total. The Labute approximate surface area is 154 Å². The highest BCUT2D eigenvalue weighted by Crippen LogP contribution is 2.17. The fraction of sp³-hybridized carbons (Fsp3) is 0.667. The first-order valence-electron chi connectivity index (χ1n) is 9.40. The molecule has 1 aromatic rings. The number of aromatic nitrogens is 2. The Morgan fingerprint density at radius 3 is 2.31 bits per heavy atom. The Morgan fingerprint density at radius 2 is 1.77 bits per heavy atom. The van der Waals surface area contributed by atoms with Crippen molar-refractivity contribution in [3.63, 3.8) is 0 Å². The summed E-state index contributed by atoms with van der Waals surface area (Å²) < 4.78 is 5.02. The Hall–Kier alpha value is -2.38. The highest BCUT2D eigenvalue weighted by molar-refractivity contribution is 5.91. The van der Waals surface area contributed by atoms with Crippen LogP contribution in [-0.4, -0.2) is 52.8 Å². The van der Waals surface area contributed by atoms with Crippen LogP contribution in [0, 0.1) is 5.92 Å². The number of likely N-dealkylation sites (tertiary alicyclic amines) is 1. The number of hydrogen-bond acceptors (Lipinski definition) is 6. The van der Waals surface area contributed by atoms with Crippen molar-refractivity contribution in [1.82, 2.24) is 15.1 Å². The number of piperidine rings is 1. The van der Waals surface area contributed by atoms with Gasteiger partial charge >= 0.3 is 6.09 Å². The molecule has 0 aromatic carbocycles. The molecule has 0 aliphatic carbocycles. The Balaban J connectivity index is 1.81. The van der Waals surface area contributed by atoms with Gasteiger partial charge in [-0.3, -0.25) is 4.79 Å². The number of nitrogens with zero attached hydrogens (tertiary/aromatic N) is 3. The summed E-state index contributed by atoms with van der Waals surface area (Å²) in [6, 6.07) is 3.80. The molecule has 8 heteroatoms. The minimum absolute atomic E-state index is 0.000755. The topological polar surface area (TPSA) is 96.5 Å². The zero-order chi connectivity index (χ0) is 18.9. The first-order chi connectivity index (χ1) is 12.6. The van der Waals surface area contributed by atoms with Crippen molar-refractivity contribution in [2.24, 2.45) is 5.92 Å². The summed E-state index contributed by atoms with van der Waals surface area (Å²) in [4.78, 5) is 25.5. The first-order valence-corrected chi connectivity index (χ1v) is 9.40. The van der Waals surface area contributed by atoms with Gasteiger partial charge in [0.25, 0.3) is 0 Å². The van der Waals surface area contributed by atoms with Gasteiger partial charge in [0, 0.05) is 25.0 Å². The minimum atomic E-state index is -0.247. The maximum Gasteiger partial charge on any atom is 0.409 e. The van der Waals surface area contributed by atoms with Crippen LogP contribution in [0.2, 0.25) is 0 Å². The standard InChI is InChI=1S/C18H29N5O3/c1-4-13(5-2)17(24)20-16-8-7-15(21-22-16)19-14-9-11-23(12-10-14)18(25)26-6-3/h7-8,13-14H,4-6,9-12H2,1-3H3,(H,19,21)(H,20,22,24). The van der Waals surface area contributed by atoms with Crippen molar-refractivity contribution >= 4 is 23.6 Å². The zero-order valence-corrected chi connectivity index (χ0v) is 15.8. The number of amides is 2. The average Bonchev–Trinajstić information content (AvgIpc) is 2.65. The Kier molecular flexibility index (Phi) is 7.62. The van der Waals surface area contributed by atoms with Gasteiger partial charge in [0.1, 0.15) is 5.82 Å². The molecule has 0 spiro atoms. The van der Waals surface area contributed by atoms with Crippen LogP contribution in [-0.2, 0) is 9.53 Å². The lowest BCUT2D eigenvalue weighted by molar-refractivity contribution is -0.120. The Bertz CT molecular complexity index is 581. The van der Waals surface area contributed by atoms with Gasteiger partial charge in [-0.05, 0) is 44.7 Å². The number of rotatable bonds is 7. The van der Waals surface area contributed by atoms with Crippen LogP contribution in [0.1, 0.15) is 46.5 Å². The van der Waals surface area contributed by atoms with Crippen molar-refractivity contribution in [2.45, 2.75) is 52.5 Å². The lowest BCUT2D eigenvalue weighted by atomic mass is 10.0. The summed E-state index contributed by atoms with van der Waals surface area (Å²) in [5, 5.41) is 14.4. The van der Waals surface area contributed by atoms with E-state index in [1.54, 1.807) is 11.0 Å². The fourth-order valence-corrected chi connectivity index (χ4v) is 2.99. The van der Waals surface area contributed by atoms with Crippen LogP contribution >= 0.6 is 0 Å². The monoisotopic (exact) mass is 363 g/mol. The molecule has 0 unspecified atom stereocenters. The number of carbonyl (C=O) groups is 2. The van der Waals surface area contributed by atoms with Gasteiger partial charge in [-0.1, -0.05) is 13.8 Å². The summed E-state index contributed by atoms with van der Waals surface area (Å²) in [7, 11) is 0. The smallest absolute Gasteiger partial charge is 0.409 e. The highest BCUT2D eigenvalue weighted by Gasteiger charge is 2.23. The third kappa shape index (κ3) is 5.57. The molecule has 1 saturated heterocycles. The van der Waals surface area contributed by atoms with Gasteiger partial charge in [-0.25, -0.2) is 4.79 Å². The van der Waals surface area contributed by atoms with E-state index < -0.39 is 0 Å². The predicted molar refractivity (Wildman–Crippen MR) is 100.0 cm³/mol. The van der Waals surface area contributed by atoms with Crippen LogP contribution in [0.25, 0.3) is 0 Å². The molecule has 8 nitrogen and oxygen atoms in total. The molecule has 0 atom stereocenters. The maximum absolute atomic E-state index is 12.1. The Morgan fingerprint density at radius 1 is 1.15 bits per heavy atom. The van der Waals surface area contributed by atoms with Crippen molar-refractivity contribution in [1.29, 1.82) is 0 Å². The number of nitrogens with one attached hydrogen (secondary N) is 2. The van der Waals surface area contributed by atoms with Crippen LogP contribution in [0.5, 0.6) is 0 Å². The highest BCUT2D eigenvalue weighted by atomic mass is 16.6. The minimum Gasteiger partial charge on any atom is -0.450 e. The quantitative estimate of drug-likeness (QED) is 0.773.